The lowest BCUT2D eigenvalue weighted by Gasteiger charge is -2.33. The number of carbonyl (C=O) groups is 2. The Morgan fingerprint density at radius 3 is 2.38 bits per heavy atom. The summed E-state index contributed by atoms with van der Waals surface area (Å²) >= 11 is 0. The number of β-amino-alcohol motifs (C(OH)–C–C–N with tert-alkyl or cyclic N) is 1. The fraction of sp³-hybridized carbons (Fsp3) is 0.846. The number of hydrogen-bond donors (Lipinski definition) is 2. The van der Waals surface area contributed by atoms with E-state index in [1.54, 1.807) is 0 Å². The van der Waals surface area contributed by atoms with Crippen LogP contribution in [0.5, 0.6) is 0 Å². The maximum absolute atomic E-state index is 12.8. The van der Waals surface area contributed by atoms with Crippen molar-refractivity contribution in [2.24, 2.45) is 11.8 Å². The van der Waals surface area contributed by atoms with E-state index in [2.05, 4.69) is 0 Å². The third kappa shape index (κ3) is 3.48. The molecular weight excluding hydrogens is 291 g/mol. The Hall–Kier alpha value is -1.31. The predicted molar refractivity (Wildman–Crippen MR) is 65.3 cm³/mol. The summed E-state index contributed by atoms with van der Waals surface area (Å²) in [6, 6.07) is -1.14. The molecule has 2 aliphatic rings. The minimum absolute atomic E-state index is 0.0122. The number of hydrogen-bond acceptors (Lipinski definition) is 3. The fourth-order valence-corrected chi connectivity index (χ4v) is 3.24. The second-order valence-corrected chi connectivity index (χ2v) is 5.84. The number of alkyl halides is 3. The standard InChI is InChI=1S/C13H18F3NO4/c14-13(15,16)8-3-1-2-7(4-8)11(19)17-6-9(18)5-10(17)12(20)21/h7-10,18H,1-6H2,(H,20,21)/t7?,8?,9-,10-/m1/s1. The van der Waals surface area contributed by atoms with E-state index in [0.29, 0.717) is 12.8 Å². The number of amides is 1. The van der Waals surface area contributed by atoms with Crippen LogP contribution in [0.25, 0.3) is 0 Å². The van der Waals surface area contributed by atoms with Gasteiger partial charge < -0.3 is 15.1 Å². The molecule has 2 fully saturated rings. The predicted octanol–water partition coefficient (Wildman–Crippen LogP) is 1.40. The van der Waals surface area contributed by atoms with E-state index in [0.717, 1.165) is 4.90 Å². The van der Waals surface area contributed by atoms with E-state index in [1.165, 1.54) is 0 Å². The lowest BCUT2D eigenvalue weighted by Crippen LogP contribution is -2.45. The average molecular weight is 309 g/mol. The van der Waals surface area contributed by atoms with Gasteiger partial charge in [0.05, 0.1) is 12.0 Å². The highest BCUT2D eigenvalue weighted by Gasteiger charge is 2.46. The van der Waals surface area contributed by atoms with Gasteiger partial charge in [0.15, 0.2) is 0 Å². The van der Waals surface area contributed by atoms with Gasteiger partial charge in [0.2, 0.25) is 5.91 Å². The maximum atomic E-state index is 12.8. The Morgan fingerprint density at radius 2 is 1.81 bits per heavy atom. The van der Waals surface area contributed by atoms with Crippen LogP contribution in [0.15, 0.2) is 0 Å². The first kappa shape index (κ1) is 16.1. The molecule has 1 aliphatic carbocycles. The molecule has 0 aromatic heterocycles. The lowest BCUT2D eigenvalue weighted by atomic mass is 9.80. The summed E-state index contributed by atoms with van der Waals surface area (Å²) in [6.45, 7) is -0.122. The van der Waals surface area contributed by atoms with Gasteiger partial charge in [0.1, 0.15) is 6.04 Å². The molecule has 1 saturated heterocycles. The quantitative estimate of drug-likeness (QED) is 0.808. The van der Waals surface area contributed by atoms with Crippen molar-refractivity contribution in [2.75, 3.05) is 6.54 Å². The number of aliphatic hydroxyl groups excluding tert-OH is 1. The second-order valence-electron chi connectivity index (χ2n) is 5.84. The summed E-state index contributed by atoms with van der Waals surface area (Å²) in [5.74, 6) is -4.12. The van der Waals surface area contributed by atoms with Crippen LogP contribution in [-0.4, -0.2) is 51.9 Å². The summed E-state index contributed by atoms with van der Waals surface area (Å²) in [4.78, 5) is 24.4. The Morgan fingerprint density at radius 1 is 1.14 bits per heavy atom. The number of aliphatic hydroxyl groups is 1. The van der Waals surface area contributed by atoms with Crippen LogP contribution in [-0.2, 0) is 9.59 Å². The van der Waals surface area contributed by atoms with Crippen molar-refractivity contribution in [3.8, 4) is 0 Å². The van der Waals surface area contributed by atoms with Crippen LogP contribution >= 0.6 is 0 Å². The maximum Gasteiger partial charge on any atom is 0.391 e. The summed E-state index contributed by atoms with van der Waals surface area (Å²) in [5.41, 5.74) is 0. The monoisotopic (exact) mass is 309 g/mol. The Bertz CT molecular complexity index is 426. The molecule has 5 nitrogen and oxygen atoms in total. The number of halogens is 3. The van der Waals surface area contributed by atoms with Crippen molar-refractivity contribution in [1.82, 2.24) is 4.90 Å². The molecule has 0 spiro atoms. The van der Waals surface area contributed by atoms with E-state index in [1.807, 2.05) is 0 Å². The molecule has 120 valence electrons. The first-order valence-electron chi connectivity index (χ1n) is 6.98. The van der Waals surface area contributed by atoms with Crippen molar-refractivity contribution in [2.45, 2.75) is 50.4 Å². The van der Waals surface area contributed by atoms with Crippen LogP contribution in [0.1, 0.15) is 32.1 Å². The molecule has 1 saturated carbocycles. The molecule has 8 heteroatoms. The van der Waals surface area contributed by atoms with E-state index < -0.39 is 42.0 Å². The van der Waals surface area contributed by atoms with Gasteiger partial charge in [0.25, 0.3) is 0 Å². The molecule has 2 rings (SSSR count). The average Bonchev–Trinajstić information content (AvgIpc) is 2.79. The van der Waals surface area contributed by atoms with Crippen molar-refractivity contribution in [3.63, 3.8) is 0 Å². The van der Waals surface area contributed by atoms with Crippen molar-refractivity contribution in [3.05, 3.63) is 0 Å². The molecule has 4 atom stereocenters. The van der Waals surface area contributed by atoms with E-state index in [4.69, 9.17) is 5.11 Å². The van der Waals surface area contributed by atoms with Crippen LogP contribution in [0.4, 0.5) is 13.2 Å². The topological polar surface area (TPSA) is 77.8 Å². The van der Waals surface area contributed by atoms with Gasteiger partial charge in [-0.15, -0.1) is 0 Å². The number of aliphatic carboxylic acids is 1. The van der Waals surface area contributed by atoms with Gasteiger partial charge in [-0.05, 0) is 19.3 Å². The lowest BCUT2D eigenvalue weighted by molar-refractivity contribution is -0.187. The summed E-state index contributed by atoms with van der Waals surface area (Å²) in [6.07, 6.45) is -4.97. The smallest absolute Gasteiger partial charge is 0.391 e. The zero-order chi connectivity index (χ0) is 15.8. The molecule has 1 amide bonds. The number of carboxylic acid groups (broad SMARTS) is 1. The number of carboxylic acids is 1. The first-order chi connectivity index (χ1) is 9.70. The third-order valence-corrected chi connectivity index (χ3v) is 4.33. The van der Waals surface area contributed by atoms with Gasteiger partial charge in [-0.1, -0.05) is 6.42 Å². The van der Waals surface area contributed by atoms with Gasteiger partial charge in [-0.25, -0.2) is 4.79 Å². The molecule has 0 aromatic rings. The SMILES string of the molecule is O=C(O)[C@H]1C[C@@H](O)CN1C(=O)C1CCCC(C(F)(F)F)C1. The van der Waals surface area contributed by atoms with Crippen molar-refractivity contribution < 1.29 is 33.0 Å². The second kappa shape index (κ2) is 5.82. The number of likely N-dealkylation sites (tertiary alicyclic amines) is 1. The fourth-order valence-electron chi connectivity index (χ4n) is 3.24. The highest BCUT2D eigenvalue weighted by atomic mass is 19.4. The molecule has 1 heterocycles. The largest absolute Gasteiger partial charge is 0.480 e. The summed E-state index contributed by atoms with van der Waals surface area (Å²) < 4.78 is 38.3. The normalized spacial score (nSPS) is 34.0. The van der Waals surface area contributed by atoms with Gasteiger partial charge >= 0.3 is 12.1 Å². The molecule has 0 aromatic carbocycles. The number of carbonyl (C=O) groups excluding carboxylic acids is 1. The highest BCUT2D eigenvalue weighted by Crippen LogP contribution is 2.41. The first-order valence-corrected chi connectivity index (χ1v) is 6.98. The molecule has 0 bridgehead atoms. The third-order valence-electron chi connectivity index (χ3n) is 4.33. The van der Waals surface area contributed by atoms with E-state index in [-0.39, 0.29) is 25.8 Å². The Labute approximate surface area is 119 Å². The van der Waals surface area contributed by atoms with E-state index >= 15 is 0 Å². The van der Waals surface area contributed by atoms with Gasteiger partial charge in [-0.3, -0.25) is 4.79 Å². The molecule has 2 unspecified atom stereocenters. The van der Waals surface area contributed by atoms with Crippen LogP contribution in [0.2, 0.25) is 0 Å². The van der Waals surface area contributed by atoms with Crippen molar-refractivity contribution in [1.29, 1.82) is 0 Å². The summed E-state index contributed by atoms with van der Waals surface area (Å²) in [5, 5.41) is 18.6. The van der Waals surface area contributed by atoms with Crippen LogP contribution in [0.3, 0.4) is 0 Å². The van der Waals surface area contributed by atoms with Crippen LogP contribution in [0, 0.1) is 11.8 Å². The minimum atomic E-state index is -4.32. The zero-order valence-electron chi connectivity index (χ0n) is 11.3. The molecule has 0 radical (unpaired) electrons. The Balaban J connectivity index is 2.07. The zero-order valence-corrected chi connectivity index (χ0v) is 11.3. The molecule has 2 N–H and O–H groups in total. The molecule has 1 aliphatic heterocycles. The minimum Gasteiger partial charge on any atom is -0.480 e. The number of nitrogens with zero attached hydrogens (tertiary/aromatic N) is 1. The van der Waals surface area contributed by atoms with Crippen molar-refractivity contribution >= 4 is 11.9 Å². The van der Waals surface area contributed by atoms with Crippen LogP contribution < -0.4 is 0 Å². The number of rotatable bonds is 2. The van der Waals surface area contributed by atoms with E-state index in [9.17, 15) is 27.9 Å². The molecule has 21 heavy (non-hydrogen) atoms. The molecular formula is C13H18F3NO4. The van der Waals surface area contributed by atoms with Gasteiger partial charge in [0, 0.05) is 18.9 Å². The Kier molecular flexibility index (Phi) is 4.46. The highest BCUT2D eigenvalue weighted by molar-refractivity contribution is 5.86. The van der Waals surface area contributed by atoms with Gasteiger partial charge in [-0.2, -0.15) is 13.2 Å². The summed E-state index contributed by atoms with van der Waals surface area (Å²) in [7, 11) is 0.